The lowest BCUT2D eigenvalue weighted by Gasteiger charge is -2.22. The summed E-state index contributed by atoms with van der Waals surface area (Å²) in [5.74, 6) is 0.641. The number of carbonyl (C=O) groups is 1. The molecular weight excluding hydrogens is 346 g/mol. The van der Waals surface area contributed by atoms with Gasteiger partial charge in [0, 0.05) is 30.1 Å². The first kappa shape index (κ1) is 17.4. The Balaban J connectivity index is 1.74. The molecule has 0 amide bonds. The number of hydrogen-bond donors (Lipinski definition) is 0. The van der Waals surface area contributed by atoms with Crippen molar-refractivity contribution >= 4 is 29.5 Å². The molecule has 0 spiro atoms. The Morgan fingerprint density at radius 3 is 2.67 bits per heavy atom. The Morgan fingerprint density at radius 1 is 1.15 bits per heavy atom. The minimum absolute atomic E-state index is 0.00740. The van der Waals surface area contributed by atoms with E-state index >= 15 is 0 Å². The Morgan fingerprint density at radius 2 is 1.93 bits per heavy atom. The average molecular weight is 367 g/mol. The molecule has 0 N–H and O–H groups in total. The zero-order valence-electron chi connectivity index (χ0n) is 15.4. The van der Waals surface area contributed by atoms with Crippen molar-refractivity contribution in [2.75, 3.05) is 19.1 Å². The molecule has 0 aliphatic heterocycles. The summed E-state index contributed by atoms with van der Waals surface area (Å²) in [7, 11) is 3.41. The lowest BCUT2D eigenvalue weighted by Crippen LogP contribution is -2.35. The van der Waals surface area contributed by atoms with Crippen LogP contribution >= 0.6 is 0 Å². The van der Waals surface area contributed by atoms with Crippen LogP contribution in [-0.4, -0.2) is 20.1 Å². The van der Waals surface area contributed by atoms with Crippen molar-refractivity contribution in [1.82, 2.24) is 0 Å². The summed E-state index contributed by atoms with van der Waals surface area (Å²) in [4.78, 5) is 25.9. The smallest absolute Gasteiger partial charge is 0.338 e. The van der Waals surface area contributed by atoms with Crippen molar-refractivity contribution in [1.29, 1.82) is 0 Å². The monoisotopic (exact) mass is 367 g/mol. The third-order valence-electron chi connectivity index (χ3n) is 4.87. The van der Waals surface area contributed by atoms with Crippen molar-refractivity contribution in [3.05, 3.63) is 45.3 Å². The summed E-state index contributed by atoms with van der Waals surface area (Å²) in [6.45, 7) is 0. The molecule has 2 aliphatic carbocycles. The summed E-state index contributed by atoms with van der Waals surface area (Å²) in [6.07, 6.45) is 7.51. The van der Waals surface area contributed by atoms with E-state index in [2.05, 4.69) is 6.08 Å². The van der Waals surface area contributed by atoms with Crippen LogP contribution in [0.15, 0.2) is 33.5 Å². The number of methoxy groups -OCH3 is 1. The maximum absolute atomic E-state index is 12.1. The summed E-state index contributed by atoms with van der Waals surface area (Å²) < 4.78 is 16.2. The Kier molecular flexibility index (Phi) is 4.48. The number of hydrogen-bond acceptors (Lipinski definition) is 6. The second-order valence-corrected chi connectivity index (χ2v) is 6.80. The van der Waals surface area contributed by atoms with Gasteiger partial charge in [-0.1, -0.05) is 6.08 Å². The molecule has 2 aliphatic rings. The molecule has 0 unspecified atom stereocenters. The second kappa shape index (κ2) is 6.95. The summed E-state index contributed by atoms with van der Waals surface area (Å²) in [6, 6.07) is 6.86. The van der Waals surface area contributed by atoms with Crippen LogP contribution in [0.2, 0.25) is 0 Å². The molecular formula is C21H21NO5. The maximum atomic E-state index is 12.1. The number of esters is 1. The molecule has 0 bridgehead atoms. The first-order chi connectivity index (χ1) is 13.1. The standard InChI is InChI=1S/C21H21NO5/c1-22(16-12-20(23)26-17-6-4-3-5-15(16)17)14-9-10-18(25-2)19(11-14)27-21(24)13-7-8-13/h5-6,9-13H,3-4,7-8H2,1-2H3. The highest BCUT2D eigenvalue weighted by molar-refractivity contribution is 5.79. The van der Waals surface area contributed by atoms with Crippen molar-refractivity contribution in [3.63, 3.8) is 0 Å². The number of rotatable bonds is 5. The van der Waals surface area contributed by atoms with E-state index in [1.54, 1.807) is 12.1 Å². The van der Waals surface area contributed by atoms with Crippen LogP contribution in [0.1, 0.15) is 25.7 Å². The third kappa shape index (κ3) is 3.47. The zero-order chi connectivity index (χ0) is 19.0. The van der Waals surface area contributed by atoms with Gasteiger partial charge in [0.1, 0.15) is 5.42 Å². The van der Waals surface area contributed by atoms with Gasteiger partial charge >= 0.3 is 11.6 Å². The van der Waals surface area contributed by atoms with Gasteiger partial charge in [0.25, 0.3) is 0 Å². The molecule has 1 fully saturated rings. The van der Waals surface area contributed by atoms with Crippen molar-refractivity contribution in [2.24, 2.45) is 5.92 Å². The number of ether oxygens (including phenoxy) is 2. The van der Waals surface area contributed by atoms with Gasteiger partial charge in [0.2, 0.25) is 0 Å². The van der Waals surface area contributed by atoms with Gasteiger partial charge in [-0.2, -0.15) is 0 Å². The van der Waals surface area contributed by atoms with Crippen LogP contribution < -0.4 is 30.6 Å². The predicted octanol–water partition coefficient (Wildman–Crippen LogP) is 2.09. The molecule has 0 saturated heterocycles. The van der Waals surface area contributed by atoms with Crippen LogP contribution in [-0.2, 0) is 4.79 Å². The fraction of sp³-hybridized carbons (Fsp3) is 0.333. The molecule has 1 heterocycles. The fourth-order valence-corrected chi connectivity index (χ4v) is 3.19. The molecule has 2 aromatic rings. The predicted molar refractivity (Wildman–Crippen MR) is 102 cm³/mol. The highest BCUT2D eigenvalue weighted by Crippen LogP contribution is 2.36. The van der Waals surface area contributed by atoms with E-state index in [9.17, 15) is 9.59 Å². The SMILES string of the molecule is COc1ccc(N(C)c2cc(=O)oc3c2=CCCC=3)cc1OC(=O)C1CC1. The minimum Gasteiger partial charge on any atom is -0.493 e. The lowest BCUT2D eigenvalue weighted by atomic mass is 10.1. The first-order valence-electron chi connectivity index (χ1n) is 9.05. The second-order valence-electron chi connectivity index (χ2n) is 6.80. The number of nitrogens with zero attached hydrogens (tertiary/aromatic N) is 1. The molecule has 4 rings (SSSR count). The van der Waals surface area contributed by atoms with Crippen LogP contribution in [0, 0.1) is 5.92 Å². The molecule has 6 heteroatoms. The highest BCUT2D eigenvalue weighted by atomic mass is 16.6. The van der Waals surface area contributed by atoms with Crippen LogP contribution in [0.5, 0.6) is 11.5 Å². The molecule has 0 radical (unpaired) electrons. The normalized spacial score (nSPS) is 15.2. The number of carbonyl (C=O) groups excluding carboxylic acids is 1. The van der Waals surface area contributed by atoms with E-state index in [4.69, 9.17) is 13.9 Å². The zero-order valence-corrected chi connectivity index (χ0v) is 15.4. The largest absolute Gasteiger partial charge is 0.493 e. The highest BCUT2D eigenvalue weighted by Gasteiger charge is 2.32. The molecule has 0 atom stereocenters. The maximum Gasteiger partial charge on any atom is 0.338 e. The molecule has 1 saturated carbocycles. The summed E-state index contributed by atoms with van der Waals surface area (Å²) in [5.41, 5.74) is 1.74. The topological polar surface area (TPSA) is 69.0 Å². The van der Waals surface area contributed by atoms with E-state index in [0.717, 1.165) is 42.3 Å². The van der Waals surface area contributed by atoms with Crippen molar-refractivity contribution in [2.45, 2.75) is 25.7 Å². The summed E-state index contributed by atoms with van der Waals surface area (Å²) >= 11 is 0. The van der Waals surface area contributed by atoms with E-state index in [-0.39, 0.29) is 11.9 Å². The quantitative estimate of drug-likeness (QED) is 0.595. The van der Waals surface area contributed by atoms with Crippen LogP contribution in [0.25, 0.3) is 12.2 Å². The van der Waals surface area contributed by atoms with Gasteiger partial charge in [-0.25, -0.2) is 4.79 Å². The molecule has 140 valence electrons. The number of benzene rings is 1. The van der Waals surface area contributed by atoms with E-state index in [1.165, 1.54) is 13.2 Å². The van der Waals surface area contributed by atoms with E-state index in [0.29, 0.717) is 16.9 Å². The van der Waals surface area contributed by atoms with Gasteiger partial charge in [-0.05, 0) is 43.9 Å². The van der Waals surface area contributed by atoms with Gasteiger partial charge in [-0.15, -0.1) is 0 Å². The van der Waals surface area contributed by atoms with Gasteiger partial charge in [-0.3, -0.25) is 4.79 Å². The molecule has 1 aromatic carbocycles. The third-order valence-corrected chi connectivity index (χ3v) is 4.87. The van der Waals surface area contributed by atoms with E-state index < -0.39 is 5.63 Å². The molecule has 6 nitrogen and oxygen atoms in total. The van der Waals surface area contributed by atoms with Gasteiger partial charge in [0.15, 0.2) is 11.5 Å². The van der Waals surface area contributed by atoms with E-state index in [1.807, 2.05) is 24.1 Å². The molecule has 1 aromatic heterocycles. The fourth-order valence-electron chi connectivity index (χ4n) is 3.19. The van der Waals surface area contributed by atoms with Crippen LogP contribution in [0.3, 0.4) is 0 Å². The average Bonchev–Trinajstić information content (AvgIpc) is 3.52. The number of anilines is 2. The number of fused-ring (bicyclic) bond motifs is 1. The Bertz CT molecular complexity index is 1060. The van der Waals surface area contributed by atoms with Gasteiger partial charge in [0.05, 0.1) is 18.7 Å². The van der Waals surface area contributed by atoms with Crippen molar-refractivity contribution < 1.29 is 18.7 Å². The summed E-state index contributed by atoms with van der Waals surface area (Å²) in [5, 5.41) is 0.899. The lowest BCUT2D eigenvalue weighted by molar-refractivity contribution is -0.135. The molecule has 27 heavy (non-hydrogen) atoms. The minimum atomic E-state index is -0.393. The first-order valence-corrected chi connectivity index (χ1v) is 9.05. The van der Waals surface area contributed by atoms with Crippen LogP contribution in [0.4, 0.5) is 11.4 Å². The Hall–Kier alpha value is -3.02. The Labute approximate surface area is 156 Å². The van der Waals surface area contributed by atoms with Gasteiger partial charge < -0.3 is 18.8 Å². The van der Waals surface area contributed by atoms with Crippen molar-refractivity contribution in [3.8, 4) is 11.5 Å².